The first-order chi connectivity index (χ1) is 7.48. The molecule has 1 aliphatic rings. The van der Waals surface area contributed by atoms with E-state index < -0.39 is 17.8 Å². The molecule has 1 saturated carbocycles. The zero-order valence-corrected chi connectivity index (χ0v) is 8.54. The number of aliphatic hydroxyl groups excluding tert-OH is 1. The second kappa shape index (κ2) is 4.05. The molecule has 1 N–H and O–H groups in total. The van der Waals surface area contributed by atoms with E-state index in [1.165, 1.54) is 6.20 Å². The number of nitrogens with zero attached hydrogens (tertiary/aromatic N) is 1. The lowest BCUT2D eigenvalue weighted by atomic mass is 9.94. The first kappa shape index (κ1) is 11.4. The fraction of sp³-hybridized carbons (Fsp3) is 0.545. The van der Waals surface area contributed by atoms with Crippen molar-refractivity contribution in [2.45, 2.75) is 37.5 Å². The molecule has 0 radical (unpaired) electrons. The van der Waals surface area contributed by atoms with E-state index >= 15 is 0 Å². The number of pyridine rings is 1. The third kappa shape index (κ3) is 2.19. The van der Waals surface area contributed by atoms with Crippen LogP contribution in [0.4, 0.5) is 13.2 Å². The molecule has 16 heavy (non-hydrogen) atoms. The zero-order chi connectivity index (χ0) is 11.8. The average molecular weight is 231 g/mol. The number of aliphatic hydroxyl groups is 1. The maximum Gasteiger partial charge on any atom is 0.416 e. The summed E-state index contributed by atoms with van der Waals surface area (Å²) in [6.07, 6.45) is -0.845. The molecule has 88 valence electrons. The van der Waals surface area contributed by atoms with Gasteiger partial charge in [0.15, 0.2) is 0 Å². The van der Waals surface area contributed by atoms with E-state index in [1.54, 1.807) is 0 Å². The number of aromatic nitrogens is 1. The molecule has 1 heterocycles. The molecule has 2 atom stereocenters. The molecule has 1 aromatic rings. The number of rotatable bonds is 1. The van der Waals surface area contributed by atoms with Gasteiger partial charge in [-0.25, -0.2) is 0 Å². The minimum absolute atomic E-state index is 0.214. The van der Waals surface area contributed by atoms with Crippen LogP contribution in [0, 0.1) is 0 Å². The Bertz CT molecular complexity index is 378. The lowest BCUT2D eigenvalue weighted by Crippen LogP contribution is -2.12. The Morgan fingerprint density at radius 1 is 1.31 bits per heavy atom. The van der Waals surface area contributed by atoms with Crippen LogP contribution in [-0.4, -0.2) is 16.2 Å². The van der Waals surface area contributed by atoms with Crippen molar-refractivity contribution in [3.8, 4) is 0 Å². The van der Waals surface area contributed by atoms with Gasteiger partial charge >= 0.3 is 6.18 Å². The van der Waals surface area contributed by atoms with Gasteiger partial charge in [-0.3, -0.25) is 4.98 Å². The summed E-state index contributed by atoms with van der Waals surface area (Å²) in [5.74, 6) is -0.222. The lowest BCUT2D eigenvalue weighted by Gasteiger charge is -2.16. The van der Waals surface area contributed by atoms with E-state index in [9.17, 15) is 18.3 Å². The van der Waals surface area contributed by atoms with E-state index in [0.29, 0.717) is 19.3 Å². The zero-order valence-electron chi connectivity index (χ0n) is 8.54. The summed E-state index contributed by atoms with van der Waals surface area (Å²) in [6.45, 7) is 0. The average Bonchev–Trinajstić information content (AvgIpc) is 2.64. The summed E-state index contributed by atoms with van der Waals surface area (Å²) in [5.41, 5.74) is -0.409. The lowest BCUT2D eigenvalue weighted by molar-refractivity contribution is -0.138. The first-order valence-corrected chi connectivity index (χ1v) is 5.17. The summed E-state index contributed by atoms with van der Waals surface area (Å²) < 4.78 is 38.1. The van der Waals surface area contributed by atoms with Crippen molar-refractivity contribution >= 4 is 0 Å². The molecule has 1 fully saturated rings. The molecule has 2 nitrogen and oxygen atoms in total. The molecule has 2 rings (SSSR count). The normalized spacial score (nSPS) is 26.0. The van der Waals surface area contributed by atoms with Gasteiger partial charge in [0.25, 0.3) is 0 Å². The van der Waals surface area contributed by atoms with Gasteiger partial charge < -0.3 is 5.11 Å². The highest BCUT2D eigenvalue weighted by Crippen LogP contribution is 2.40. The smallest absolute Gasteiger partial charge is 0.393 e. The highest BCUT2D eigenvalue weighted by atomic mass is 19.4. The third-order valence-corrected chi connectivity index (χ3v) is 3.00. The van der Waals surface area contributed by atoms with Crippen LogP contribution in [0.25, 0.3) is 0 Å². The second-order valence-corrected chi connectivity index (χ2v) is 4.12. The summed E-state index contributed by atoms with van der Waals surface area (Å²) in [7, 11) is 0. The molecule has 0 bridgehead atoms. The predicted octanol–water partition coefficient (Wildman–Crippen LogP) is 2.73. The minimum Gasteiger partial charge on any atom is -0.393 e. The number of halogens is 3. The fourth-order valence-corrected chi connectivity index (χ4v) is 2.23. The van der Waals surface area contributed by atoms with Gasteiger partial charge in [-0.1, -0.05) is 0 Å². The van der Waals surface area contributed by atoms with Crippen molar-refractivity contribution in [3.63, 3.8) is 0 Å². The molecule has 0 amide bonds. The van der Waals surface area contributed by atoms with Crippen LogP contribution in [0.15, 0.2) is 18.5 Å². The van der Waals surface area contributed by atoms with Gasteiger partial charge in [-0.15, -0.1) is 0 Å². The van der Waals surface area contributed by atoms with Crippen LogP contribution in [0.2, 0.25) is 0 Å². The molecule has 2 unspecified atom stereocenters. The predicted molar refractivity (Wildman–Crippen MR) is 51.8 cm³/mol. The maximum absolute atomic E-state index is 12.7. The standard InChI is InChI=1S/C11H12F3NO/c12-11(13,14)10-3-4-15-6-9(10)7-1-2-8(16)5-7/h3-4,6-8,16H,1-2,5H2. The monoisotopic (exact) mass is 231 g/mol. The van der Waals surface area contributed by atoms with Gasteiger partial charge in [-0.2, -0.15) is 13.2 Å². The van der Waals surface area contributed by atoms with Crippen LogP contribution in [-0.2, 0) is 6.18 Å². The van der Waals surface area contributed by atoms with Crippen molar-refractivity contribution in [1.29, 1.82) is 0 Å². The highest BCUT2D eigenvalue weighted by Gasteiger charge is 2.37. The molecular formula is C11H12F3NO. The molecule has 0 aliphatic heterocycles. The second-order valence-electron chi connectivity index (χ2n) is 4.12. The summed E-state index contributed by atoms with van der Waals surface area (Å²) in [4.78, 5) is 3.75. The van der Waals surface area contributed by atoms with Gasteiger partial charge in [0.2, 0.25) is 0 Å². The molecule has 0 spiro atoms. The summed E-state index contributed by atoms with van der Waals surface area (Å²) >= 11 is 0. The molecule has 0 saturated heterocycles. The van der Waals surface area contributed by atoms with Crippen molar-refractivity contribution in [1.82, 2.24) is 4.98 Å². The first-order valence-electron chi connectivity index (χ1n) is 5.17. The van der Waals surface area contributed by atoms with E-state index in [2.05, 4.69) is 4.98 Å². The van der Waals surface area contributed by atoms with E-state index in [-0.39, 0.29) is 11.5 Å². The van der Waals surface area contributed by atoms with Crippen LogP contribution >= 0.6 is 0 Å². The number of hydrogen-bond donors (Lipinski definition) is 1. The topological polar surface area (TPSA) is 33.1 Å². The van der Waals surface area contributed by atoms with Crippen molar-refractivity contribution in [2.24, 2.45) is 0 Å². The van der Waals surface area contributed by atoms with Crippen molar-refractivity contribution in [3.05, 3.63) is 29.6 Å². The number of hydrogen-bond acceptors (Lipinski definition) is 2. The Labute approximate surface area is 91.1 Å². The Hall–Kier alpha value is -1.10. The third-order valence-electron chi connectivity index (χ3n) is 3.00. The SMILES string of the molecule is OC1CCC(c2cnccc2C(F)(F)F)C1. The highest BCUT2D eigenvalue weighted by molar-refractivity contribution is 5.30. The number of alkyl halides is 3. The van der Waals surface area contributed by atoms with E-state index in [0.717, 1.165) is 12.3 Å². The fourth-order valence-electron chi connectivity index (χ4n) is 2.23. The van der Waals surface area contributed by atoms with Gasteiger partial charge in [0.1, 0.15) is 0 Å². The van der Waals surface area contributed by atoms with E-state index in [1.807, 2.05) is 0 Å². The van der Waals surface area contributed by atoms with Crippen LogP contribution in [0.3, 0.4) is 0 Å². The van der Waals surface area contributed by atoms with E-state index in [4.69, 9.17) is 0 Å². The Kier molecular flexibility index (Phi) is 2.88. The van der Waals surface area contributed by atoms with Crippen molar-refractivity contribution in [2.75, 3.05) is 0 Å². The summed E-state index contributed by atoms with van der Waals surface area (Å²) in [5, 5.41) is 9.35. The van der Waals surface area contributed by atoms with Crippen LogP contribution in [0.1, 0.15) is 36.3 Å². The minimum atomic E-state index is -4.34. The molecule has 0 aromatic carbocycles. The van der Waals surface area contributed by atoms with Crippen molar-refractivity contribution < 1.29 is 18.3 Å². The largest absolute Gasteiger partial charge is 0.416 e. The molecular weight excluding hydrogens is 219 g/mol. The maximum atomic E-state index is 12.7. The molecule has 1 aromatic heterocycles. The van der Waals surface area contributed by atoms with Gasteiger partial charge in [0.05, 0.1) is 11.7 Å². The quantitative estimate of drug-likeness (QED) is 0.806. The Balaban J connectivity index is 2.34. The van der Waals surface area contributed by atoms with Crippen LogP contribution in [0.5, 0.6) is 0 Å². The molecule has 5 heteroatoms. The Morgan fingerprint density at radius 2 is 2.06 bits per heavy atom. The summed E-state index contributed by atoms with van der Waals surface area (Å²) in [6, 6.07) is 1.00. The van der Waals surface area contributed by atoms with Crippen LogP contribution < -0.4 is 0 Å². The molecule has 1 aliphatic carbocycles. The Morgan fingerprint density at radius 3 is 2.62 bits per heavy atom. The van der Waals surface area contributed by atoms with Gasteiger partial charge in [0, 0.05) is 12.4 Å². The van der Waals surface area contributed by atoms with Gasteiger partial charge in [-0.05, 0) is 36.8 Å².